The van der Waals surface area contributed by atoms with Crippen LogP contribution in [-0.4, -0.2) is 48.4 Å². The first-order valence-corrected chi connectivity index (χ1v) is 9.15. The van der Waals surface area contributed by atoms with E-state index in [2.05, 4.69) is 31.3 Å². The van der Waals surface area contributed by atoms with E-state index in [1.54, 1.807) is 17.1 Å². The molecule has 28 heavy (non-hydrogen) atoms. The molecule has 9 nitrogen and oxygen atoms in total. The van der Waals surface area contributed by atoms with Crippen LogP contribution in [-0.2, 0) is 11.3 Å². The Morgan fingerprint density at radius 1 is 1.25 bits per heavy atom. The Morgan fingerprint density at radius 2 is 2.18 bits per heavy atom. The summed E-state index contributed by atoms with van der Waals surface area (Å²) in [6.45, 7) is 1.24. The van der Waals surface area contributed by atoms with Crippen LogP contribution in [0.5, 0.6) is 0 Å². The maximum atomic E-state index is 11.7. The molecule has 2 N–H and O–H groups in total. The molecule has 0 radical (unpaired) electrons. The SMILES string of the molecule is NC(=O)[C@H]1CCCN1c1cnc2nnn(Cc3ccc4ncccc4c3)c2n1. The predicted octanol–water partition coefficient (Wildman–Crippen LogP) is 1.27. The molecule has 0 aliphatic carbocycles. The van der Waals surface area contributed by atoms with E-state index in [1.165, 1.54) is 0 Å². The summed E-state index contributed by atoms with van der Waals surface area (Å²) in [5.41, 5.74) is 8.60. The molecule has 140 valence electrons. The van der Waals surface area contributed by atoms with Gasteiger partial charge < -0.3 is 10.6 Å². The van der Waals surface area contributed by atoms with Crippen molar-refractivity contribution in [1.29, 1.82) is 0 Å². The van der Waals surface area contributed by atoms with Gasteiger partial charge in [0.2, 0.25) is 11.6 Å². The Hall–Kier alpha value is -3.62. The maximum absolute atomic E-state index is 11.7. The third-order valence-corrected chi connectivity index (χ3v) is 5.09. The molecule has 1 atom stereocenters. The van der Waals surface area contributed by atoms with Gasteiger partial charge in [-0.3, -0.25) is 9.78 Å². The molecule has 4 heterocycles. The Morgan fingerprint density at radius 3 is 3.07 bits per heavy atom. The maximum Gasteiger partial charge on any atom is 0.240 e. The standard InChI is InChI=1S/C19H18N8O/c20-17(28)15-4-2-8-26(15)16-10-22-18-19(23-16)27(25-24-18)11-12-5-6-14-13(9-12)3-1-7-21-14/h1,3,5-7,9-10,15H,2,4,8,11H2,(H2,20,28)/t15-/m1/s1. The van der Waals surface area contributed by atoms with Crippen molar-refractivity contribution in [1.82, 2.24) is 29.9 Å². The molecule has 5 rings (SSSR count). The second kappa shape index (κ2) is 6.52. The van der Waals surface area contributed by atoms with Gasteiger partial charge in [-0.05, 0) is 36.6 Å². The van der Waals surface area contributed by atoms with Crippen LogP contribution in [0.4, 0.5) is 5.82 Å². The number of anilines is 1. The minimum Gasteiger partial charge on any atom is -0.368 e. The number of fused-ring (bicyclic) bond motifs is 2. The van der Waals surface area contributed by atoms with E-state index in [4.69, 9.17) is 5.73 Å². The van der Waals surface area contributed by atoms with E-state index in [0.29, 0.717) is 23.7 Å². The summed E-state index contributed by atoms with van der Waals surface area (Å²) in [5.74, 6) is 0.288. The normalized spacial score (nSPS) is 16.9. The minimum atomic E-state index is -0.343. The van der Waals surface area contributed by atoms with Crippen LogP contribution in [0.15, 0.2) is 42.7 Å². The zero-order valence-electron chi connectivity index (χ0n) is 15.1. The summed E-state index contributed by atoms with van der Waals surface area (Å²) in [5, 5.41) is 9.39. The molecule has 1 aliphatic heterocycles. The molecule has 9 heteroatoms. The van der Waals surface area contributed by atoms with E-state index in [-0.39, 0.29) is 11.9 Å². The van der Waals surface area contributed by atoms with Gasteiger partial charge in [0.25, 0.3) is 0 Å². The fraction of sp³-hybridized carbons (Fsp3) is 0.263. The van der Waals surface area contributed by atoms with Crippen molar-refractivity contribution in [2.24, 2.45) is 5.73 Å². The quantitative estimate of drug-likeness (QED) is 0.572. The number of nitrogens with two attached hydrogens (primary N) is 1. The second-order valence-electron chi connectivity index (χ2n) is 6.91. The number of hydrogen-bond donors (Lipinski definition) is 1. The minimum absolute atomic E-state index is 0.337. The number of primary amides is 1. The van der Waals surface area contributed by atoms with Crippen molar-refractivity contribution in [3.8, 4) is 0 Å². The molecule has 0 bridgehead atoms. The Labute approximate surface area is 160 Å². The highest BCUT2D eigenvalue weighted by Crippen LogP contribution is 2.24. The zero-order chi connectivity index (χ0) is 19.1. The van der Waals surface area contributed by atoms with Crippen molar-refractivity contribution in [2.45, 2.75) is 25.4 Å². The van der Waals surface area contributed by atoms with E-state index in [9.17, 15) is 4.79 Å². The molecule has 1 aliphatic rings. The fourth-order valence-electron chi connectivity index (χ4n) is 3.72. The van der Waals surface area contributed by atoms with Crippen LogP contribution < -0.4 is 10.6 Å². The average molecular weight is 374 g/mol. The van der Waals surface area contributed by atoms with Crippen molar-refractivity contribution in [2.75, 3.05) is 11.4 Å². The number of rotatable bonds is 4. The number of carbonyl (C=O) groups is 1. The van der Waals surface area contributed by atoms with Crippen LogP contribution in [0.3, 0.4) is 0 Å². The number of aromatic nitrogens is 6. The smallest absolute Gasteiger partial charge is 0.240 e. The van der Waals surface area contributed by atoms with Gasteiger partial charge in [0.15, 0.2) is 11.5 Å². The fourth-order valence-corrected chi connectivity index (χ4v) is 3.72. The summed E-state index contributed by atoms with van der Waals surface area (Å²) < 4.78 is 1.72. The summed E-state index contributed by atoms with van der Waals surface area (Å²) in [6, 6.07) is 9.69. The number of hydrogen-bond acceptors (Lipinski definition) is 7. The molecule has 1 saturated heterocycles. The molecule has 0 spiro atoms. The Kier molecular flexibility index (Phi) is 3.85. The van der Waals surface area contributed by atoms with Crippen molar-refractivity contribution in [3.63, 3.8) is 0 Å². The van der Waals surface area contributed by atoms with Crippen LogP contribution >= 0.6 is 0 Å². The highest BCUT2D eigenvalue weighted by molar-refractivity contribution is 5.84. The van der Waals surface area contributed by atoms with E-state index < -0.39 is 0 Å². The Bertz CT molecular complexity index is 1190. The van der Waals surface area contributed by atoms with Gasteiger partial charge in [0.05, 0.1) is 18.3 Å². The topological polar surface area (TPSA) is 116 Å². The molecule has 1 amide bonds. The molecule has 4 aromatic rings. The number of nitrogens with zero attached hydrogens (tertiary/aromatic N) is 7. The van der Waals surface area contributed by atoms with Gasteiger partial charge in [0, 0.05) is 18.1 Å². The summed E-state index contributed by atoms with van der Waals surface area (Å²) in [7, 11) is 0. The lowest BCUT2D eigenvalue weighted by atomic mass is 10.1. The summed E-state index contributed by atoms with van der Waals surface area (Å²) in [6.07, 6.45) is 5.04. The van der Waals surface area contributed by atoms with E-state index in [0.717, 1.165) is 35.9 Å². The van der Waals surface area contributed by atoms with Crippen LogP contribution in [0.2, 0.25) is 0 Å². The lowest BCUT2D eigenvalue weighted by Crippen LogP contribution is -2.40. The highest BCUT2D eigenvalue weighted by Gasteiger charge is 2.30. The van der Waals surface area contributed by atoms with E-state index in [1.807, 2.05) is 29.2 Å². The molecule has 1 aromatic carbocycles. The second-order valence-corrected chi connectivity index (χ2v) is 6.91. The van der Waals surface area contributed by atoms with Gasteiger partial charge >= 0.3 is 0 Å². The molecular formula is C19H18N8O. The molecule has 0 saturated carbocycles. The first kappa shape index (κ1) is 16.5. The van der Waals surface area contributed by atoms with Gasteiger partial charge in [-0.25, -0.2) is 14.6 Å². The largest absolute Gasteiger partial charge is 0.368 e. The third-order valence-electron chi connectivity index (χ3n) is 5.09. The van der Waals surface area contributed by atoms with Crippen molar-refractivity contribution < 1.29 is 4.79 Å². The molecule has 3 aromatic heterocycles. The number of amides is 1. The van der Waals surface area contributed by atoms with Gasteiger partial charge in [-0.2, -0.15) is 0 Å². The zero-order valence-corrected chi connectivity index (χ0v) is 15.1. The van der Waals surface area contributed by atoms with E-state index >= 15 is 0 Å². The van der Waals surface area contributed by atoms with Gasteiger partial charge in [0.1, 0.15) is 6.04 Å². The third kappa shape index (κ3) is 2.81. The van der Waals surface area contributed by atoms with Gasteiger partial charge in [-0.15, -0.1) is 5.10 Å². The first-order chi connectivity index (χ1) is 13.7. The number of benzene rings is 1. The summed E-state index contributed by atoms with van der Waals surface area (Å²) >= 11 is 0. The Balaban J connectivity index is 1.50. The molecular weight excluding hydrogens is 356 g/mol. The summed E-state index contributed by atoms with van der Waals surface area (Å²) in [4.78, 5) is 27.0. The van der Waals surface area contributed by atoms with Crippen LogP contribution in [0.1, 0.15) is 18.4 Å². The predicted molar refractivity (Wildman–Crippen MR) is 104 cm³/mol. The lowest BCUT2D eigenvalue weighted by molar-refractivity contribution is -0.119. The van der Waals surface area contributed by atoms with Gasteiger partial charge in [-0.1, -0.05) is 17.3 Å². The lowest BCUT2D eigenvalue weighted by Gasteiger charge is -2.22. The highest BCUT2D eigenvalue weighted by atomic mass is 16.1. The van der Waals surface area contributed by atoms with Crippen LogP contribution in [0, 0.1) is 0 Å². The average Bonchev–Trinajstić information content (AvgIpc) is 3.35. The first-order valence-electron chi connectivity index (χ1n) is 9.15. The van der Waals surface area contributed by atoms with Crippen molar-refractivity contribution in [3.05, 3.63) is 48.3 Å². The van der Waals surface area contributed by atoms with Crippen molar-refractivity contribution >= 4 is 33.9 Å². The number of carbonyl (C=O) groups excluding carboxylic acids is 1. The molecule has 1 fully saturated rings. The monoisotopic (exact) mass is 374 g/mol. The van der Waals surface area contributed by atoms with Crippen LogP contribution in [0.25, 0.3) is 22.2 Å². The number of pyridine rings is 1. The molecule has 0 unspecified atom stereocenters.